The zero-order chi connectivity index (χ0) is 21.0. The molecule has 6 nitrogen and oxygen atoms in total. The molecule has 0 fully saturated rings. The minimum absolute atomic E-state index is 0.147. The van der Waals surface area contributed by atoms with Gasteiger partial charge < -0.3 is 10.1 Å². The molecule has 0 radical (unpaired) electrons. The van der Waals surface area contributed by atoms with E-state index in [1.54, 1.807) is 19.1 Å². The number of amides is 1. The van der Waals surface area contributed by atoms with Gasteiger partial charge in [0.15, 0.2) is 6.61 Å². The molecule has 0 aliphatic carbocycles. The fourth-order valence-electron chi connectivity index (χ4n) is 2.99. The molecular formula is C22H24N2O4S. The van der Waals surface area contributed by atoms with Crippen LogP contribution in [0.25, 0.3) is 10.8 Å². The first-order valence-electron chi connectivity index (χ1n) is 9.18. The van der Waals surface area contributed by atoms with Gasteiger partial charge in [-0.25, -0.2) is 12.7 Å². The minimum atomic E-state index is -3.51. The molecule has 3 aromatic carbocycles. The summed E-state index contributed by atoms with van der Waals surface area (Å²) in [6, 6.07) is 18.6. The third kappa shape index (κ3) is 4.75. The Hall–Kier alpha value is -2.90. The summed E-state index contributed by atoms with van der Waals surface area (Å²) in [6.07, 6.45) is 0. The highest BCUT2D eigenvalue weighted by molar-refractivity contribution is 7.89. The molecule has 152 valence electrons. The number of carbonyl (C=O) groups excluding carboxylic acids is 1. The monoisotopic (exact) mass is 412 g/mol. The predicted octanol–water partition coefficient (Wildman–Crippen LogP) is 3.09. The molecule has 3 aromatic rings. The van der Waals surface area contributed by atoms with Crippen molar-refractivity contribution in [2.75, 3.05) is 20.7 Å². The Morgan fingerprint density at radius 3 is 2.48 bits per heavy atom. The van der Waals surface area contributed by atoms with E-state index in [2.05, 4.69) is 5.32 Å². The number of fused-ring (bicyclic) bond motifs is 1. The average Bonchev–Trinajstić information content (AvgIpc) is 2.71. The molecule has 7 heteroatoms. The van der Waals surface area contributed by atoms with Gasteiger partial charge in [-0.3, -0.25) is 4.79 Å². The number of ether oxygens (including phenoxy) is 1. The third-order valence-electron chi connectivity index (χ3n) is 4.64. The quantitative estimate of drug-likeness (QED) is 0.647. The first kappa shape index (κ1) is 20.8. The normalized spacial score (nSPS) is 11.6. The van der Waals surface area contributed by atoms with Crippen molar-refractivity contribution in [2.24, 2.45) is 0 Å². The van der Waals surface area contributed by atoms with E-state index in [0.29, 0.717) is 17.9 Å². The number of carbonyl (C=O) groups is 1. The molecule has 0 spiro atoms. The first-order chi connectivity index (χ1) is 13.8. The van der Waals surface area contributed by atoms with Crippen LogP contribution in [0.15, 0.2) is 65.6 Å². The molecule has 0 aromatic heterocycles. The van der Waals surface area contributed by atoms with E-state index in [1.165, 1.54) is 20.2 Å². The molecule has 3 rings (SSSR count). The SMILES string of the molecule is Cc1cc(S(=O)(=O)N(C)C)ccc1OCC(=O)NCc1cccc2ccccc12. The molecule has 29 heavy (non-hydrogen) atoms. The van der Waals surface area contributed by atoms with Crippen LogP contribution in [0.1, 0.15) is 11.1 Å². The Balaban J connectivity index is 1.61. The summed E-state index contributed by atoms with van der Waals surface area (Å²) in [6.45, 7) is 2.01. The number of hydrogen-bond acceptors (Lipinski definition) is 4. The second-order valence-corrected chi connectivity index (χ2v) is 9.07. The lowest BCUT2D eigenvalue weighted by Crippen LogP contribution is -2.28. The Bertz CT molecular complexity index is 1140. The van der Waals surface area contributed by atoms with Gasteiger partial charge in [0, 0.05) is 20.6 Å². The maximum absolute atomic E-state index is 12.2. The maximum atomic E-state index is 12.2. The molecule has 0 bridgehead atoms. The summed E-state index contributed by atoms with van der Waals surface area (Å²) in [5.74, 6) is 0.227. The Labute approximate surface area is 171 Å². The van der Waals surface area contributed by atoms with Crippen LogP contribution in [0.5, 0.6) is 5.75 Å². The summed E-state index contributed by atoms with van der Waals surface area (Å²) >= 11 is 0. The number of nitrogens with zero attached hydrogens (tertiary/aromatic N) is 1. The van der Waals surface area contributed by atoms with Gasteiger partial charge in [-0.05, 0) is 47.0 Å². The molecule has 0 atom stereocenters. The molecule has 0 aliphatic heterocycles. The van der Waals surface area contributed by atoms with Crippen molar-refractivity contribution < 1.29 is 17.9 Å². The van der Waals surface area contributed by atoms with Crippen LogP contribution < -0.4 is 10.1 Å². The lowest BCUT2D eigenvalue weighted by molar-refractivity contribution is -0.123. The fourth-order valence-corrected chi connectivity index (χ4v) is 3.98. The minimum Gasteiger partial charge on any atom is -0.484 e. The maximum Gasteiger partial charge on any atom is 0.258 e. The number of benzene rings is 3. The highest BCUT2D eigenvalue weighted by Gasteiger charge is 2.18. The fraction of sp³-hybridized carbons (Fsp3) is 0.227. The summed E-state index contributed by atoms with van der Waals surface area (Å²) in [4.78, 5) is 12.4. The van der Waals surface area contributed by atoms with E-state index < -0.39 is 10.0 Å². The molecule has 1 amide bonds. The largest absolute Gasteiger partial charge is 0.484 e. The Morgan fingerprint density at radius 2 is 1.76 bits per heavy atom. The van der Waals surface area contributed by atoms with Gasteiger partial charge in [0.1, 0.15) is 5.75 Å². The number of aryl methyl sites for hydroxylation is 1. The zero-order valence-electron chi connectivity index (χ0n) is 16.7. The number of sulfonamides is 1. The Kier molecular flexibility index (Phi) is 6.20. The van der Waals surface area contributed by atoms with Crippen LogP contribution in [-0.2, 0) is 21.4 Å². The van der Waals surface area contributed by atoms with Crippen molar-refractivity contribution in [1.82, 2.24) is 9.62 Å². The Morgan fingerprint density at radius 1 is 1.03 bits per heavy atom. The van der Waals surface area contributed by atoms with Crippen molar-refractivity contribution in [3.05, 3.63) is 71.8 Å². The van der Waals surface area contributed by atoms with Crippen molar-refractivity contribution in [2.45, 2.75) is 18.4 Å². The average molecular weight is 413 g/mol. The number of hydrogen-bond donors (Lipinski definition) is 1. The molecule has 1 N–H and O–H groups in total. The van der Waals surface area contributed by atoms with Gasteiger partial charge >= 0.3 is 0 Å². The third-order valence-corrected chi connectivity index (χ3v) is 6.45. The summed E-state index contributed by atoms with van der Waals surface area (Å²) < 4.78 is 31.1. The molecule has 0 aliphatic rings. The van der Waals surface area contributed by atoms with E-state index in [9.17, 15) is 13.2 Å². The van der Waals surface area contributed by atoms with E-state index >= 15 is 0 Å². The van der Waals surface area contributed by atoms with Gasteiger partial charge in [-0.1, -0.05) is 42.5 Å². The molecular weight excluding hydrogens is 388 g/mol. The van der Waals surface area contributed by atoms with E-state index in [1.807, 2.05) is 42.5 Å². The number of rotatable bonds is 7. The van der Waals surface area contributed by atoms with Crippen LogP contribution >= 0.6 is 0 Å². The lowest BCUT2D eigenvalue weighted by Gasteiger charge is -2.14. The van der Waals surface area contributed by atoms with Crippen molar-refractivity contribution in [1.29, 1.82) is 0 Å². The van der Waals surface area contributed by atoms with Gasteiger partial charge in [0.25, 0.3) is 5.91 Å². The number of nitrogens with one attached hydrogen (secondary N) is 1. The smallest absolute Gasteiger partial charge is 0.258 e. The van der Waals surface area contributed by atoms with Crippen molar-refractivity contribution in [3.8, 4) is 5.75 Å². The summed E-state index contributed by atoms with van der Waals surface area (Å²) in [5, 5.41) is 5.09. The summed E-state index contributed by atoms with van der Waals surface area (Å²) in [7, 11) is -0.543. The summed E-state index contributed by atoms with van der Waals surface area (Å²) in [5.41, 5.74) is 1.68. The molecule has 0 saturated heterocycles. The van der Waals surface area contributed by atoms with Gasteiger partial charge in [-0.15, -0.1) is 0 Å². The van der Waals surface area contributed by atoms with Crippen LogP contribution in [0, 0.1) is 6.92 Å². The van der Waals surface area contributed by atoms with E-state index in [4.69, 9.17) is 4.74 Å². The standard InChI is InChI=1S/C22H24N2O4S/c1-16-13-19(29(26,27)24(2)3)11-12-21(16)28-15-22(25)23-14-18-9-6-8-17-7-4-5-10-20(17)18/h4-13H,14-15H2,1-3H3,(H,23,25). The van der Waals surface area contributed by atoms with Gasteiger partial charge in [-0.2, -0.15) is 0 Å². The van der Waals surface area contributed by atoms with E-state index in [0.717, 1.165) is 20.6 Å². The van der Waals surface area contributed by atoms with Crippen LogP contribution in [0.2, 0.25) is 0 Å². The lowest BCUT2D eigenvalue weighted by atomic mass is 10.0. The molecule has 0 heterocycles. The highest BCUT2D eigenvalue weighted by Crippen LogP contribution is 2.23. The van der Waals surface area contributed by atoms with Gasteiger partial charge in [0.2, 0.25) is 10.0 Å². The second kappa shape index (κ2) is 8.63. The first-order valence-corrected chi connectivity index (χ1v) is 10.6. The van der Waals surface area contributed by atoms with Crippen molar-refractivity contribution in [3.63, 3.8) is 0 Å². The second-order valence-electron chi connectivity index (χ2n) is 6.92. The highest BCUT2D eigenvalue weighted by atomic mass is 32.2. The van der Waals surface area contributed by atoms with Crippen LogP contribution in [0.4, 0.5) is 0 Å². The van der Waals surface area contributed by atoms with Crippen LogP contribution in [-0.4, -0.2) is 39.3 Å². The zero-order valence-corrected chi connectivity index (χ0v) is 17.5. The topological polar surface area (TPSA) is 75.7 Å². The van der Waals surface area contributed by atoms with Crippen molar-refractivity contribution >= 4 is 26.7 Å². The molecule has 0 unspecified atom stereocenters. The van der Waals surface area contributed by atoms with Crippen LogP contribution in [0.3, 0.4) is 0 Å². The molecule has 0 saturated carbocycles. The van der Waals surface area contributed by atoms with Gasteiger partial charge in [0.05, 0.1) is 4.90 Å². The predicted molar refractivity (Wildman–Crippen MR) is 113 cm³/mol. The van der Waals surface area contributed by atoms with E-state index in [-0.39, 0.29) is 17.4 Å².